The Balaban J connectivity index is 2.09. The maximum absolute atomic E-state index is 12.8. The molecule has 5 heteroatoms. The second-order valence-electron chi connectivity index (χ2n) is 5.79. The van der Waals surface area contributed by atoms with Crippen LogP contribution in [0.25, 0.3) is 0 Å². The van der Waals surface area contributed by atoms with Crippen LogP contribution in [-0.4, -0.2) is 9.67 Å². The molecule has 2 N–H and O–H groups in total. The van der Waals surface area contributed by atoms with Gasteiger partial charge in [0.1, 0.15) is 5.75 Å². The highest BCUT2D eigenvalue weighted by molar-refractivity contribution is 5.47. The zero-order valence-corrected chi connectivity index (χ0v) is 13.1. The molecule has 1 aliphatic carbocycles. The molecule has 1 unspecified atom stereocenters. The summed E-state index contributed by atoms with van der Waals surface area (Å²) < 4.78 is 7.08. The van der Waals surface area contributed by atoms with E-state index in [0.717, 1.165) is 36.9 Å². The Bertz CT molecular complexity index is 716. The molecule has 1 atom stereocenters. The minimum atomic E-state index is -0.316. The lowest BCUT2D eigenvalue weighted by molar-refractivity contribution is 0.438. The van der Waals surface area contributed by atoms with Crippen molar-refractivity contribution in [3.05, 3.63) is 45.6 Å². The van der Waals surface area contributed by atoms with Crippen LogP contribution in [0.15, 0.2) is 27.6 Å². The third kappa shape index (κ3) is 2.40. The van der Waals surface area contributed by atoms with Gasteiger partial charge in [-0.25, -0.2) is 0 Å². The highest BCUT2D eigenvalue weighted by Gasteiger charge is 2.26. The maximum atomic E-state index is 12.8. The van der Waals surface area contributed by atoms with Crippen LogP contribution < -0.4 is 10.9 Å². The summed E-state index contributed by atoms with van der Waals surface area (Å²) in [5.74, 6) is 0.753. The smallest absolute Gasteiger partial charge is 0.259 e. The van der Waals surface area contributed by atoms with E-state index in [1.54, 1.807) is 18.4 Å². The quantitative estimate of drug-likeness (QED) is 0.910. The SMILES string of the molecule is CCn1c2c(c(O)c(C(C)Nc3ccco3)c1=O)CCCC2. The summed E-state index contributed by atoms with van der Waals surface area (Å²) >= 11 is 0. The second-order valence-corrected chi connectivity index (χ2v) is 5.79. The number of nitrogens with zero attached hydrogens (tertiary/aromatic N) is 1. The summed E-state index contributed by atoms with van der Waals surface area (Å²) in [6.45, 7) is 4.47. The Labute approximate surface area is 129 Å². The third-order valence-corrected chi connectivity index (χ3v) is 4.41. The number of nitrogens with one attached hydrogen (secondary N) is 1. The fourth-order valence-corrected chi connectivity index (χ4v) is 3.35. The zero-order valence-electron chi connectivity index (χ0n) is 13.1. The Morgan fingerprint density at radius 2 is 2.18 bits per heavy atom. The van der Waals surface area contributed by atoms with Gasteiger partial charge in [-0.3, -0.25) is 4.79 Å². The lowest BCUT2D eigenvalue weighted by atomic mass is 9.92. The summed E-state index contributed by atoms with van der Waals surface area (Å²) in [5, 5.41) is 13.8. The molecule has 2 aromatic rings. The van der Waals surface area contributed by atoms with E-state index in [9.17, 15) is 9.90 Å². The first-order chi connectivity index (χ1) is 10.6. The van der Waals surface area contributed by atoms with Gasteiger partial charge in [0, 0.05) is 23.9 Å². The average molecular weight is 302 g/mol. The molecule has 0 spiro atoms. The van der Waals surface area contributed by atoms with Crippen LogP contribution in [0.2, 0.25) is 0 Å². The highest BCUT2D eigenvalue weighted by Crippen LogP contribution is 2.33. The Morgan fingerprint density at radius 1 is 1.41 bits per heavy atom. The van der Waals surface area contributed by atoms with Crippen molar-refractivity contribution in [2.75, 3.05) is 5.32 Å². The van der Waals surface area contributed by atoms with Crippen LogP contribution in [0.3, 0.4) is 0 Å². The van der Waals surface area contributed by atoms with Gasteiger partial charge in [0.25, 0.3) is 5.56 Å². The summed E-state index contributed by atoms with van der Waals surface area (Å²) in [6, 6.07) is 3.26. The topological polar surface area (TPSA) is 67.4 Å². The fraction of sp³-hybridized carbons (Fsp3) is 0.471. The van der Waals surface area contributed by atoms with Gasteiger partial charge in [0.15, 0.2) is 5.88 Å². The number of fused-ring (bicyclic) bond motifs is 1. The van der Waals surface area contributed by atoms with E-state index >= 15 is 0 Å². The largest absolute Gasteiger partial charge is 0.507 e. The molecule has 0 saturated heterocycles. The molecule has 0 fully saturated rings. The van der Waals surface area contributed by atoms with Gasteiger partial charge in [-0.1, -0.05) is 0 Å². The minimum Gasteiger partial charge on any atom is -0.507 e. The molecule has 0 radical (unpaired) electrons. The molecule has 0 bridgehead atoms. The van der Waals surface area contributed by atoms with E-state index in [1.807, 2.05) is 18.4 Å². The number of hydrogen-bond donors (Lipinski definition) is 2. The minimum absolute atomic E-state index is 0.104. The summed E-state index contributed by atoms with van der Waals surface area (Å²) in [6.07, 6.45) is 5.41. The molecule has 0 saturated carbocycles. The van der Waals surface area contributed by atoms with E-state index in [4.69, 9.17) is 4.42 Å². The Kier molecular flexibility index (Phi) is 3.96. The number of furan rings is 1. The number of pyridine rings is 1. The van der Waals surface area contributed by atoms with Crippen molar-refractivity contribution in [1.82, 2.24) is 4.57 Å². The first-order valence-electron chi connectivity index (χ1n) is 7.91. The van der Waals surface area contributed by atoms with Gasteiger partial charge in [0.2, 0.25) is 0 Å². The van der Waals surface area contributed by atoms with E-state index in [2.05, 4.69) is 5.32 Å². The van der Waals surface area contributed by atoms with Gasteiger partial charge in [-0.2, -0.15) is 0 Å². The van der Waals surface area contributed by atoms with Crippen LogP contribution in [0, 0.1) is 0 Å². The normalized spacial score (nSPS) is 15.4. The van der Waals surface area contributed by atoms with Crippen LogP contribution in [0.1, 0.15) is 49.6 Å². The van der Waals surface area contributed by atoms with Crippen molar-refractivity contribution < 1.29 is 9.52 Å². The molecule has 2 heterocycles. The van der Waals surface area contributed by atoms with Crippen LogP contribution in [0.5, 0.6) is 5.75 Å². The van der Waals surface area contributed by atoms with Crippen molar-refractivity contribution in [3.63, 3.8) is 0 Å². The summed E-state index contributed by atoms with van der Waals surface area (Å²) in [5.41, 5.74) is 2.27. The lowest BCUT2D eigenvalue weighted by Gasteiger charge is -2.25. The second kappa shape index (κ2) is 5.91. The van der Waals surface area contributed by atoms with Crippen molar-refractivity contribution in [2.24, 2.45) is 0 Å². The van der Waals surface area contributed by atoms with Gasteiger partial charge in [-0.15, -0.1) is 0 Å². The predicted molar refractivity (Wildman–Crippen MR) is 85.4 cm³/mol. The molecule has 0 aromatic carbocycles. The van der Waals surface area contributed by atoms with E-state index in [0.29, 0.717) is 18.0 Å². The molecule has 0 aliphatic heterocycles. The zero-order chi connectivity index (χ0) is 15.7. The van der Waals surface area contributed by atoms with Gasteiger partial charge in [0.05, 0.1) is 17.9 Å². The number of aromatic nitrogens is 1. The Morgan fingerprint density at radius 3 is 2.86 bits per heavy atom. The summed E-state index contributed by atoms with van der Waals surface area (Å²) in [7, 11) is 0. The van der Waals surface area contributed by atoms with Crippen molar-refractivity contribution in [1.29, 1.82) is 0 Å². The molecular formula is C17H22N2O3. The van der Waals surface area contributed by atoms with Crippen molar-refractivity contribution in [2.45, 2.75) is 52.1 Å². The predicted octanol–water partition coefficient (Wildman–Crippen LogP) is 3.22. The van der Waals surface area contributed by atoms with Gasteiger partial charge < -0.3 is 19.4 Å². The number of hydrogen-bond acceptors (Lipinski definition) is 4. The molecule has 5 nitrogen and oxygen atoms in total. The highest BCUT2D eigenvalue weighted by atomic mass is 16.3. The monoisotopic (exact) mass is 302 g/mol. The first-order valence-corrected chi connectivity index (χ1v) is 7.91. The molecular weight excluding hydrogens is 280 g/mol. The van der Waals surface area contributed by atoms with Crippen LogP contribution >= 0.6 is 0 Å². The van der Waals surface area contributed by atoms with Crippen LogP contribution in [0.4, 0.5) is 5.88 Å². The molecule has 0 amide bonds. The van der Waals surface area contributed by atoms with E-state index in [-0.39, 0.29) is 17.4 Å². The van der Waals surface area contributed by atoms with Crippen LogP contribution in [-0.2, 0) is 19.4 Å². The number of anilines is 1. The molecule has 22 heavy (non-hydrogen) atoms. The van der Waals surface area contributed by atoms with Crippen molar-refractivity contribution in [3.8, 4) is 5.75 Å². The van der Waals surface area contributed by atoms with Gasteiger partial charge in [-0.05, 0) is 45.6 Å². The molecule has 1 aliphatic rings. The van der Waals surface area contributed by atoms with Crippen molar-refractivity contribution >= 4 is 5.88 Å². The van der Waals surface area contributed by atoms with Gasteiger partial charge >= 0.3 is 0 Å². The number of rotatable bonds is 4. The van der Waals surface area contributed by atoms with E-state index < -0.39 is 0 Å². The van der Waals surface area contributed by atoms with E-state index in [1.165, 1.54) is 0 Å². The summed E-state index contributed by atoms with van der Waals surface area (Å²) in [4.78, 5) is 12.8. The maximum Gasteiger partial charge on any atom is 0.259 e. The molecule has 3 rings (SSSR count). The number of aromatic hydroxyl groups is 1. The standard InChI is InChI=1S/C17H22N2O3/c1-3-19-13-8-5-4-7-12(13)16(20)15(17(19)21)11(2)18-14-9-6-10-22-14/h6,9-11,18,20H,3-5,7-8H2,1-2H3. The first kappa shape index (κ1) is 14.8. The lowest BCUT2D eigenvalue weighted by Crippen LogP contribution is -2.31. The average Bonchev–Trinajstić information content (AvgIpc) is 3.01. The Hall–Kier alpha value is -2.17. The molecule has 118 valence electrons. The third-order valence-electron chi connectivity index (χ3n) is 4.41. The fourth-order valence-electron chi connectivity index (χ4n) is 3.35. The molecule has 2 aromatic heterocycles.